The lowest BCUT2D eigenvalue weighted by Crippen LogP contribution is -1.98. The molecule has 0 saturated heterocycles. The molecule has 90 valence electrons. The summed E-state index contributed by atoms with van der Waals surface area (Å²) in [5.74, 6) is 2.01. The van der Waals surface area contributed by atoms with Crippen LogP contribution in [0.4, 0.5) is 0 Å². The smallest absolute Gasteiger partial charge is 0.106 e. The number of aryl methyl sites for hydroxylation is 2. The van der Waals surface area contributed by atoms with Crippen LogP contribution in [0.15, 0.2) is 40.8 Å². The highest BCUT2D eigenvalue weighted by atomic mass is 16.5. The Bertz CT molecular complexity index is 438. The topological polar surface area (TPSA) is 22.4 Å². The lowest BCUT2D eigenvalue weighted by molar-refractivity contribution is 0.120. The molecule has 0 unspecified atom stereocenters. The van der Waals surface area contributed by atoms with Crippen molar-refractivity contribution in [2.75, 3.05) is 6.61 Å². The largest absolute Gasteiger partial charge is 0.466 e. The van der Waals surface area contributed by atoms with E-state index in [1.54, 1.807) is 0 Å². The highest BCUT2D eigenvalue weighted by Gasteiger charge is 2.03. The van der Waals surface area contributed by atoms with Crippen molar-refractivity contribution >= 4 is 0 Å². The van der Waals surface area contributed by atoms with Crippen LogP contribution in [0.2, 0.25) is 0 Å². The molecule has 0 aliphatic heterocycles. The maximum absolute atomic E-state index is 5.61. The van der Waals surface area contributed by atoms with E-state index < -0.39 is 0 Å². The second kappa shape index (κ2) is 5.69. The first-order chi connectivity index (χ1) is 8.25. The molecule has 0 aliphatic rings. The van der Waals surface area contributed by atoms with Gasteiger partial charge in [0.05, 0.1) is 13.2 Å². The molecule has 2 aromatic rings. The standard InChI is InChI=1S/C15H18O2/c1-12-10-15(17-13(12)2)8-9-16-11-14-6-4-3-5-7-14/h3-7,10H,8-9,11H2,1-2H3. The van der Waals surface area contributed by atoms with Crippen molar-refractivity contribution in [1.29, 1.82) is 0 Å². The molecule has 0 aliphatic carbocycles. The van der Waals surface area contributed by atoms with Gasteiger partial charge in [-0.25, -0.2) is 0 Å². The van der Waals surface area contributed by atoms with Crippen molar-refractivity contribution in [3.63, 3.8) is 0 Å². The lowest BCUT2D eigenvalue weighted by atomic mass is 10.2. The summed E-state index contributed by atoms with van der Waals surface area (Å²) in [6.45, 7) is 5.41. The van der Waals surface area contributed by atoms with Crippen molar-refractivity contribution < 1.29 is 9.15 Å². The van der Waals surface area contributed by atoms with E-state index in [9.17, 15) is 0 Å². The predicted molar refractivity (Wildman–Crippen MR) is 68.0 cm³/mol. The first kappa shape index (κ1) is 11.9. The zero-order valence-electron chi connectivity index (χ0n) is 10.4. The van der Waals surface area contributed by atoms with E-state index >= 15 is 0 Å². The fourth-order valence-electron chi connectivity index (χ4n) is 1.71. The molecule has 2 nitrogen and oxygen atoms in total. The van der Waals surface area contributed by atoms with E-state index in [-0.39, 0.29) is 0 Å². The van der Waals surface area contributed by atoms with Gasteiger partial charge in [0.1, 0.15) is 11.5 Å². The van der Waals surface area contributed by atoms with Crippen molar-refractivity contribution in [3.8, 4) is 0 Å². The molecule has 0 radical (unpaired) electrons. The molecule has 0 atom stereocenters. The molecule has 0 amide bonds. The Hall–Kier alpha value is -1.54. The number of furan rings is 1. The van der Waals surface area contributed by atoms with Gasteiger partial charge in [-0.2, -0.15) is 0 Å². The normalized spacial score (nSPS) is 10.7. The molecule has 0 saturated carbocycles. The van der Waals surface area contributed by atoms with Crippen LogP contribution in [-0.2, 0) is 17.8 Å². The van der Waals surface area contributed by atoms with Crippen LogP contribution in [0.1, 0.15) is 22.6 Å². The Morgan fingerprint density at radius 2 is 1.88 bits per heavy atom. The number of hydrogen-bond acceptors (Lipinski definition) is 2. The Kier molecular flexibility index (Phi) is 3.99. The summed E-state index contributed by atoms with van der Waals surface area (Å²) in [6.07, 6.45) is 0.835. The third-order valence-electron chi connectivity index (χ3n) is 2.82. The zero-order chi connectivity index (χ0) is 12.1. The second-order valence-electron chi connectivity index (χ2n) is 4.24. The minimum Gasteiger partial charge on any atom is -0.466 e. The van der Waals surface area contributed by atoms with Gasteiger partial charge in [-0.1, -0.05) is 30.3 Å². The molecular formula is C15H18O2. The van der Waals surface area contributed by atoms with Crippen LogP contribution in [0.25, 0.3) is 0 Å². The first-order valence-electron chi connectivity index (χ1n) is 5.93. The average molecular weight is 230 g/mol. The predicted octanol–water partition coefficient (Wildman–Crippen LogP) is 3.66. The average Bonchev–Trinajstić information content (AvgIpc) is 2.66. The second-order valence-corrected chi connectivity index (χ2v) is 4.24. The maximum Gasteiger partial charge on any atom is 0.106 e. The lowest BCUT2D eigenvalue weighted by Gasteiger charge is -2.02. The maximum atomic E-state index is 5.61. The Morgan fingerprint density at radius 3 is 2.53 bits per heavy atom. The van der Waals surface area contributed by atoms with E-state index in [1.807, 2.05) is 25.1 Å². The third-order valence-corrected chi connectivity index (χ3v) is 2.82. The molecule has 0 fully saturated rings. The molecule has 17 heavy (non-hydrogen) atoms. The molecule has 1 heterocycles. The molecule has 0 N–H and O–H groups in total. The van der Waals surface area contributed by atoms with Crippen molar-refractivity contribution in [2.24, 2.45) is 0 Å². The van der Waals surface area contributed by atoms with Crippen LogP contribution in [0.3, 0.4) is 0 Å². The molecule has 2 rings (SSSR count). The van der Waals surface area contributed by atoms with Gasteiger partial charge >= 0.3 is 0 Å². The Labute approximate surface area is 102 Å². The van der Waals surface area contributed by atoms with Crippen LogP contribution < -0.4 is 0 Å². The number of rotatable bonds is 5. The summed E-state index contributed by atoms with van der Waals surface area (Å²) in [4.78, 5) is 0. The minimum absolute atomic E-state index is 0.666. The van der Waals surface area contributed by atoms with Gasteiger partial charge in [0.15, 0.2) is 0 Å². The fourth-order valence-corrected chi connectivity index (χ4v) is 1.71. The van der Waals surface area contributed by atoms with E-state index in [4.69, 9.17) is 9.15 Å². The molecular weight excluding hydrogens is 212 g/mol. The zero-order valence-corrected chi connectivity index (χ0v) is 10.4. The Balaban J connectivity index is 1.73. The van der Waals surface area contributed by atoms with Gasteiger partial charge in [0, 0.05) is 6.42 Å². The highest BCUT2D eigenvalue weighted by Crippen LogP contribution is 2.13. The Morgan fingerprint density at radius 1 is 1.12 bits per heavy atom. The first-order valence-corrected chi connectivity index (χ1v) is 5.93. The molecule has 1 aromatic heterocycles. The minimum atomic E-state index is 0.666. The van der Waals surface area contributed by atoms with Crippen molar-refractivity contribution in [2.45, 2.75) is 26.9 Å². The fraction of sp³-hybridized carbons (Fsp3) is 0.333. The summed E-state index contributed by atoms with van der Waals surface area (Å²) in [5.41, 5.74) is 2.42. The summed E-state index contributed by atoms with van der Waals surface area (Å²) in [6, 6.07) is 12.3. The summed E-state index contributed by atoms with van der Waals surface area (Å²) in [5, 5.41) is 0. The molecule has 0 spiro atoms. The van der Waals surface area contributed by atoms with Gasteiger partial charge in [0.25, 0.3) is 0 Å². The van der Waals surface area contributed by atoms with Gasteiger partial charge < -0.3 is 9.15 Å². The van der Waals surface area contributed by atoms with E-state index in [2.05, 4.69) is 25.1 Å². The molecule has 2 heteroatoms. The van der Waals surface area contributed by atoms with Gasteiger partial charge in [-0.3, -0.25) is 0 Å². The third kappa shape index (κ3) is 3.46. The molecule has 0 bridgehead atoms. The summed E-state index contributed by atoms with van der Waals surface area (Å²) < 4.78 is 11.2. The van der Waals surface area contributed by atoms with E-state index in [0.717, 1.165) is 17.9 Å². The van der Waals surface area contributed by atoms with Crippen molar-refractivity contribution in [3.05, 3.63) is 59.0 Å². The number of hydrogen-bond donors (Lipinski definition) is 0. The van der Waals surface area contributed by atoms with Crippen LogP contribution in [-0.4, -0.2) is 6.61 Å². The van der Waals surface area contributed by atoms with Gasteiger partial charge in [-0.15, -0.1) is 0 Å². The van der Waals surface area contributed by atoms with Crippen molar-refractivity contribution in [1.82, 2.24) is 0 Å². The van der Waals surface area contributed by atoms with Crippen LogP contribution >= 0.6 is 0 Å². The van der Waals surface area contributed by atoms with Gasteiger partial charge in [-0.05, 0) is 31.0 Å². The summed E-state index contributed by atoms with van der Waals surface area (Å²) in [7, 11) is 0. The van der Waals surface area contributed by atoms with E-state index in [1.165, 1.54) is 11.1 Å². The summed E-state index contributed by atoms with van der Waals surface area (Å²) >= 11 is 0. The van der Waals surface area contributed by atoms with E-state index in [0.29, 0.717) is 13.2 Å². The monoisotopic (exact) mass is 230 g/mol. The van der Waals surface area contributed by atoms with Crippen LogP contribution in [0.5, 0.6) is 0 Å². The highest BCUT2D eigenvalue weighted by molar-refractivity contribution is 5.18. The quantitative estimate of drug-likeness (QED) is 0.731. The van der Waals surface area contributed by atoms with Crippen LogP contribution in [0, 0.1) is 13.8 Å². The number of benzene rings is 1. The van der Waals surface area contributed by atoms with Gasteiger partial charge in [0.2, 0.25) is 0 Å². The number of ether oxygens (including phenoxy) is 1. The SMILES string of the molecule is Cc1cc(CCOCc2ccccc2)oc1C. The molecule has 1 aromatic carbocycles.